The van der Waals surface area contributed by atoms with Gasteiger partial charge in [0.1, 0.15) is 17.1 Å². The number of fused-ring (bicyclic) bond motifs is 1. The molecule has 1 aliphatic heterocycles. The number of halogens is 1. The third-order valence-electron chi connectivity index (χ3n) is 4.20. The summed E-state index contributed by atoms with van der Waals surface area (Å²) in [5.41, 5.74) is 2.27. The topological polar surface area (TPSA) is 59.3 Å². The second kappa shape index (κ2) is 9.39. The van der Waals surface area contributed by atoms with E-state index < -0.39 is 0 Å². The van der Waals surface area contributed by atoms with Crippen LogP contribution in [0.15, 0.2) is 69.2 Å². The first-order chi connectivity index (χ1) is 13.7. The van der Waals surface area contributed by atoms with Crippen molar-refractivity contribution in [1.29, 1.82) is 0 Å². The van der Waals surface area contributed by atoms with E-state index in [1.165, 1.54) is 23.1 Å². The number of thioether (sulfide) groups is 1. The van der Waals surface area contributed by atoms with Gasteiger partial charge >= 0.3 is 10.2 Å². The number of benzene rings is 2. The Bertz CT molecular complexity index is 1080. The van der Waals surface area contributed by atoms with Gasteiger partial charge in [-0.25, -0.2) is 4.79 Å². The molecular weight excluding hydrogens is 472 g/mol. The first-order valence-corrected chi connectivity index (χ1v) is 10.3. The van der Waals surface area contributed by atoms with Gasteiger partial charge in [0.2, 0.25) is 11.6 Å². The lowest BCUT2D eigenvalue weighted by Crippen LogP contribution is -3.00. The normalized spacial score (nSPS) is 13.7. The van der Waals surface area contributed by atoms with Crippen molar-refractivity contribution in [1.82, 2.24) is 0 Å². The van der Waals surface area contributed by atoms with Crippen LogP contribution in [0.1, 0.15) is 16.1 Å². The Balaban J connectivity index is 0.00000240. The van der Waals surface area contributed by atoms with Crippen molar-refractivity contribution in [2.24, 2.45) is 0 Å². The third kappa shape index (κ3) is 4.60. The smallest absolute Gasteiger partial charge is 0.433 e. The molecule has 0 saturated carbocycles. The summed E-state index contributed by atoms with van der Waals surface area (Å²) in [4.78, 5) is 25.9. The maximum atomic E-state index is 12.9. The number of hydrogen-bond acceptors (Lipinski definition) is 5. The Morgan fingerprint density at radius 2 is 1.86 bits per heavy atom. The minimum Gasteiger partial charge on any atom is -1.00 e. The highest BCUT2D eigenvalue weighted by atomic mass is 79.9. The van der Waals surface area contributed by atoms with Gasteiger partial charge in [0.05, 0.1) is 12.5 Å². The average Bonchev–Trinajstić information content (AvgIpc) is 3.23. The molecule has 0 radical (unpaired) electrons. The van der Waals surface area contributed by atoms with E-state index in [1.807, 2.05) is 66.1 Å². The Hall–Kier alpha value is -2.42. The van der Waals surface area contributed by atoms with E-state index in [4.69, 9.17) is 4.74 Å². The number of ether oxygens (including phenoxy) is 1. The molecule has 2 aromatic carbocycles. The SMILES string of the molecule is COc1ccccc1/C=C1/Sc2scc(CC(=O)Nc3ccccc3)[n+]2C1=O.[Br-]. The molecule has 1 N–H and O–H groups in total. The molecule has 0 fully saturated rings. The fraction of sp³-hybridized carbons (Fsp3) is 0.0952. The Kier molecular flexibility index (Phi) is 6.89. The molecule has 1 amide bonds. The average molecular weight is 489 g/mol. The molecular formula is C21H17BrN2O3S2. The van der Waals surface area contributed by atoms with E-state index in [-0.39, 0.29) is 35.2 Å². The molecule has 8 heteroatoms. The summed E-state index contributed by atoms with van der Waals surface area (Å²) >= 11 is 2.88. The minimum absolute atomic E-state index is 0. The lowest BCUT2D eigenvalue weighted by atomic mass is 10.2. The van der Waals surface area contributed by atoms with Crippen LogP contribution in [0.3, 0.4) is 0 Å². The zero-order chi connectivity index (χ0) is 19.5. The largest absolute Gasteiger partial charge is 1.00 e. The van der Waals surface area contributed by atoms with E-state index in [1.54, 1.807) is 11.7 Å². The van der Waals surface area contributed by atoms with Crippen LogP contribution in [0.25, 0.3) is 6.08 Å². The van der Waals surface area contributed by atoms with E-state index in [0.29, 0.717) is 16.3 Å². The van der Waals surface area contributed by atoms with Crippen LogP contribution < -0.4 is 31.6 Å². The number of anilines is 1. The first-order valence-electron chi connectivity index (χ1n) is 8.60. The van der Waals surface area contributed by atoms with E-state index in [0.717, 1.165) is 15.6 Å². The molecule has 0 unspecified atom stereocenters. The molecule has 4 rings (SSSR count). The Morgan fingerprint density at radius 1 is 1.14 bits per heavy atom. The molecule has 1 aliphatic rings. The number of thiazole rings is 1. The van der Waals surface area contributed by atoms with Crippen molar-refractivity contribution >= 4 is 46.7 Å². The molecule has 1 aromatic heterocycles. The summed E-state index contributed by atoms with van der Waals surface area (Å²) in [5.74, 6) is 0.444. The number of para-hydroxylation sites is 2. The molecule has 148 valence electrons. The molecule has 29 heavy (non-hydrogen) atoms. The quantitative estimate of drug-likeness (QED) is 0.430. The summed E-state index contributed by atoms with van der Waals surface area (Å²) in [7, 11) is 1.61. The Labute approximate surface area is 187 Å². The molecule has 5 nitrogen and oxygen atoms in total. The minimum atomic E-state index is -0.153. The summed E-state index contributed by atoms with van der Waals surface area (Å²) in [6, 6.07) is 16.8. The fourth-order valence-corrected chi connectivity index (χ4v) is 5.08. The van der Waals surface area contributed by atoms with Gasteiger partial charge in [-0.3, -0.25) is 4.79 Å². The molecule has 0 atom stereocenters. The molecule has 0 saturated heterocycles. The summed E-state index contributed by atoms with van der Waals surface area (Å²) in [6.45, 7) is 0. The number of rotatable bonds is 5. The first kappa shape index (κ1) is 21.3. The zero-order valence-electron chi connectivity index (χ0n) is 15.4. The summed E-state index contributed by atoms with van der Waals surface area (Å²) < 4.78 is 7.84. The number of amides is 1. The van der Waals surface area contributed by atoms with Crippen molar-refractivity contribution < 1.29 is 35.9 Å². The van der Waals surface area contributed by atoms with E-state index >= 15 is 0 Å². The van der Waals surface area contributed by atoms with Crippen molar-refractivity contribution in [2.45, 2.75) is 10.8 Å². The van der Waals surface area contributed by atoms with Gasteiger partial charge in [0, 0.05) is 23.0 Å². The van der Waals surface area contributed by atoms with Crippen LogP contribution in [0, 0.1) is 0 Å². The molecule has 0 aliphatic carbocycles. The number of aromatic nitrogens is 1. The number of allylic oxidation sites excluding steroid dienone is 1. The summed E-state index contributed by atoms with van der Waals surface area (Å²) in [5, 5.41) is 4.72. The predicted octanol–water partition coefficient (Wildman–Crippen LogP) is 1.02. The van der Waals surface area contributed by atoms with Gasteiger partial charge in [-0.05, 0) is 24.3 Å². The third-order valence-corrected chi connectivity index (χ3v) is 6.38. The monoisotopic (exact) mass is 488 g/mol. The highest BCUT2D eigenvalue weighted by Gasteiger charge is 2.40. The number of carbonyl (C=O) groups is 2. The predicted molar refractivity (Wildman–Crippen MR) is 111 cm³/mol. The van der Waals surface area contributed by atoms with Crippen molar-refractivity contribution in [3.63, 3.8) is 0 Å². The highest BCUT2D eigenvalue weighted by molar-refractivity contribution is 8.05. The highest BCUT2D eigenvalue weighted by Crippen LogP contribution is 2.36. The maximum Gasteiger partial charge on any atom is 0.433 e. The standard InChI is InChI=1S/C21H16N2O3S2.BrH/c1-26-17-10-6-5-7-14(17)11-18-20(25)23-16(13-27-21(23)28-18)12-19(24)22-15-8-3-2-4-9-15;/h2-11,13H,12H2,1H3;1H/b18-11+;. The van der Waals surface area contributed by atoms with Crippen molar-refractivity contribution in [3.8, 4) is 5.75 Å². The fourth-order valence-electron chi connectivity index (χ4n) is 2.90. The number of carbonyl (C=O) groups excluding carboxylic acids is 2. The van der Waals surface area contributed by atoms with Crippen LogP contribution >= 0.6 is 23.1 Å². The summed E-state index contributed by atoms with van der Waals surface area (Å²) in [6.07, 6.45) is 1.97. The Morgan fingerprint density at radius 3 is 2.62 bits per heavy atom. The number of nitrogens with one attached hydrogen (secondary N) is 1. The number of hydrogen-bond donors (Lipinski definition) is 1. The van der Waals surface area contributed by atoms with Crippen LogP contribution in [0.4, 0.5) is 5.69 Å². The second-order valence-corrected chi connectivity index (χ2v) is 8.22. The second-order valence-electron chi connectivity index (χ2n) is 6.08. The molecule has 3 aromatic rings. The van der Waals surface area contributed by atoms with E-state index in [2.05, 4.69) is 5.32 Å². The zero-order valence-corrected chi connectivity index (χ0v) is 18.6. The van der Waals surface area contributed by atoms with Crippen LogP contribution in [-0.2, 0) is 11.2 Å². The van der Waals surface area contributed by atoms with Crippen LogP contribution in [0.5, 0.6) is 5.75 Å². The lowest BCUT2D eigenvalue weighted by Gasteiger charge is -2.03. The number of nitrogens with zero attached hydrogens (tertiary/aromatic N) is 1. The van der Waals surface area contributed by atoms with Gasteiger partial charge in [0.15, 0.2) is 0 Å². The van der Waals surface area contributed by atoms with Crippen molar-refractivity contribution in [2.75, 3.05) is 12.4 Å². The van der Waals surface area contributed by atoms with Crippen LogP contribution in [-0.4, -0.2) is 18.9 Å². The molecule has 2 heterocycles. The van der Waals surface area contributed by atoms with Crippen LogP contribution in [0.2, 0.25) is 0 Å². The van der Waals surface area contributed by atoms with Gasteiger partial charge in [-0.15, -0.1) is 4.57 Å². The van der Waals surface area contributed by atoms with Gasteiger partial charge in [-0.1, -0.05) is 47.7 Å². The molecule has 0 bridgehead atoms. The number of methoxy groups -OCH3 is 1. The van der Waals surface area contributed by atoms with Gasteiger partial charge < -0.3 is 27.0 Å². The maximum absolute atomic E-state index is 12.9. The van der Waals surface area contributed by atoms with Gasteiger partial charge in [-0.2, -0.15) is 0 Å². The lowest BCUT2D eigenvalue weighted by molar-refractivity contribution is -0.607. The van der Waals surface area contributed by atoms with Gasteiger partial charge in [0.25, 0.3) is 0 Å². The van der Waals surface area contributed by atoms with E-state index in [9.17, 15) is 9.59 Å². The van der Waals surface area contributed by atoms with Crippen molar-refractivity contribution in [3.05, 3.63) is 76.1 Å². The molecule has 0 spiro atoms.